The molecule has 0 aromatic carbocycles. The second kappa shape index (κ2) is 2.87. The molecule has 0 bridgehead atoms. The monoisotopic (exact) mass is 187 g/mol. The molecular weight excluding hydrogens is 170 g/mol. The number of nitrogens with one attached hydrogen (secondary N) is 1. The SMILES string of the molecule is CC12CC=C=C=C1C1CCCCC1N2. The second-order valence-electron chi connectivity index (χ2n) is 5.07. The summed E-state index contributed by atoms with van der Waals surface area (Å²) in [5.74, 6) is 0.759. The predicted octanol–water partition coefficient (Wildman–Crippen LogP) is 2.55. The Labute approximate surface area is 85.6 Å². The van der Waals surface area contributed by atoms with E-state index in [1.807, 2.05) is 0 Å². The van der Waals surface area contributed by atoms with Crippen LogP contribution in [-0.4, -0.2) is 11.6 Å². The minimum atomic E-state index is 0.213. The zero-order chi connectivity index (χ0) is 9.60. The minimum Gasteiger partial charge on any atom is -0.304 e. The van der Waals surface area contributed by atoms with E-state index in [9.17, 15) is 0 Å². The van der Waals surface area contributed by atoms with E-state index in [-0.39, 0.29) is 5.54 Å². The molecule has 1 N–H and O–H groups in total. The van der Waals surface area contributed by atoms with Crippen molar-refractivity contribution < 1.29 is 0 Å². The van der Waals surface area contributed by atoms with Gasteiger partial charge in [0.15, 0.2) is 0 Å². The van der Waals surface area contributed by atoms with Crippen molar-refractivity contribution in [1.29, 1.82) is 0 Å². The first-order valence-electron chi connectivity index (χ1n) is 5.78. The number of rotatable bonds is 0. The van der Waals surface area contributed by atoms with Gasteiger partial charge in [0, 0.05) is 23.1 Å². The highest BCUT2D eigenvalue weighted by Crippen LogP contribution is 2.43. The first-order chi connectivity index (χ1) is 6.80. The van der Waals surface area contributed by atoms with Gasteiger partial charge in [0.1, 0.15) is 0 Å². The molecule has 3 atom stereocenters. The summed E-state index contributed by atoms with van der Waals surface area (Å²) in [4.78, 5) is 0. The van der Waals surface area contributed by atoms with Gasteiger partial charge in [0.05, 0.1) is 0 Å². The standard InChI is InChI=1S/C13H17N/c1-13-9-5-4-7-11(13)10-6-2-3-8-12(10)14-13/h5,10,12,14H,2-3,6,8-9H2,1H3. The van der Waals surface area contributed by atoms with Gasteiger partial charge in [-0.25, -0.2) is 0 Å². The Bertz CT molecular complexity index is 355. The van der Waals surface area contributed by atoms with Gasteiger partial charge >= 0.3 is 0 Å². The third kappa shape index (κ3) is 1.07. The van der Waals surface area contributed by atoms with E-state index in [2.05, 4.69) is 29.8 Å². The molecule has 74 valence electrons. The van der Waals surface area contributed by atoms with Gasteiger partial charge < -0.3 is 5.32 Å². The maximum atomic E-state index is 3.80. The molecule has 1 nitrogen and oxygen atoms in total. The molecule has 1 heterocycles. The minimum absolute atomic E-state index is 0.213. The molecule has 1 saturated heterocycles. The van der Waals surface area contributed by atoms with Crippen molar-refractivity contribution in [1.82, 2.24) is 5.32 Å². The maximum absolute atomic E-state index is 3.80. The molecule has 1 aliphatic heterocycles. The summed E-state index contributed by atoms with van der Waals surface area (Å²) in [6.45, 7) is 2.32. The van der Waals surface area contributed by atoms with Crippen LogP contribution >= 0.6 is 0 Å². The van der Waals surface area contributed by atoms with Crippen LogP contribution in [0.3, 0.4) is 0 Å². The van der Waals surface area contributed by atoms with Crippen molar-refractivity contribution >= 4 is 0 Å². The van der Waals surface area contributed by atoms with Crippen LogP contribution < -0.4 is 5.32 Å². The van der Waals surface area contributed by atoms with Gasteiger partial charge in [-0.05, 0) is 32.3 Å². The Morgan fingerprint density at radius 2 is 2.29 bits per heavy atom. The first kappa shape index (κ1) is 8.56. The van der Waals surface area contributed by atoms with E-state index in [0.29, 0.717) is 0 Å². The van der Waals surface area contributed by atoms with Gasteiger partial charge in [-0.3, -0.25) is 0 Å². The maximum Gasteiger partial charge on any atom is 0.0494 e. The predicted molar refractivity (Wildman–Crippen MR) is 57.0 cm³/mol. The zero-order valence-electron chi connectivity index (χ0n) is 8.77. The van der Waals surface area contributed by atoms with Crippen LogP contribution in [0.4, 0.5) is 0 Å². The van der Waals surface area contributed by atoms with Gasteiger partial charge in [0.25, 0.3) is 0 Å². The van der Waals surface area contributed by atoms with E-state index in [4.69, 9.17) is 0 Å². The molecule has 0 amide bonds. The van der Waals surface area contributed by atoms with Crippen LogP contribution in [-0.2, 0) is 0 Å². The summed E-state index contributed by atoms with van der Waals surface area (Å²) >= 11 is 0. The Balaban J connectivity index is 2.04. The average molecular weight is 187 g/mol. The van der Waals surface area contributed by atoms with Crippen LogP contribution in [0.15, 0.2) is 23.1 Å². The van der Waals surface area contributed by atoms with Crippen LogP contribution in [0, 0.1) is 5.92 Å². The zero-order valence-corrected chi connectivity index (χ0v) is 8.77. The lowest BCUT2D eigenvalue weighted by atomic mass is 9.78. The molecule has 0 aromatic rings. The smallest absolute Gasteiger partial charge is 0.0494 e. The van der Waals surface area contributed by atoms with Crippen LogP contribution in [0.2, 0.25) is 0 Å². The van der Waals surface area contributed by atoms with Crippen LogP contribution in [0.1, 0.15) is 39.0 Å². The fraction of sp³-hybridized carbons (Fsp3) is 0.692. The van der Waals surface area contributed by atoms with E-state index < -0.39 is 0 Å². The van der Waals surface area contributed by atoms with Crippen molar-refractivity contribution in [2.45, 2.75) is 50.6 Å². The Hall–Kier alpha value is -0.740. The summed E-state index contributed by atoms with van der Waals surface area (Å²) in [5, 5.41) is 3.80. The first-order valence-corrected chi connectivity index (χ1v) is 5.78. The largest absolute Gasteiger partial charge is 0.304 e. The average Bonchev–Trinajstić information content (AvgIpc) is 2.49. The molecule has 14 heavy (non-hydrogen) atoms. The molecule has 1 saturated carbocycles. The summed E-state index contributed by atoms with van der Waals surface area (Å²) in [6, 6.07) is 0.726. The molecule has 0 spiro atoms. The van der Waals surface area contributed by atoms with E-state index in [1.165, 1.54) is 31.3 Å². The molecule has 2 fully saturated rings. The summed E-state index contributed by atoms with van der Waals surface area (Å²) in [7, 11) is 0. The van der Waals surface area contributed by atoms with E-state index >= 15 is 0 Å². The molecule has 0 aromatic heterocycles. The van der Waals surface area contributed by atoms with Crippen molar-refractivity contribution in [2.24, 2.45) is 5.92 Å². The van der Waals surface area contributed by atoms with Crippen molar-refractivity contribution in [3.05, 3.63) is 23.1 Å². The van der Waals surface area contributed by atoms with Gasteiger partial charge in [-0.15, -0.1) is 0 Å². The third-order valence-corrected chi connectivity index (χ3v) is 4.05. The van der Waals surface area contributed by atoms with Gasteiger partial charge in [-0.1, -0.05) is 24.3 Å². The van der Waals surface area contributed by atoms with E-state index in [0.717, 1.165) is 18.4 Å². The molecule has 3 rings (SSSR count). The lowest BCUT2D eigenvalue weighted by Crippen LogP contribution is -2.41. The summed E-state index contributed by atoms with van der Waals surface area (Å²) in [6.07, 6.45) is 8.72. The molecule has 1 heteroatoms. The molecule has 3 unspecified atom stereocenters. The highest BCUT2D eigenvalue weighted by molar-refractivity contribution is 5.32. The Kier molecular flexibility index (Phi) is 1.76. The Morgan fingerprint density at radius 1 is 1.43 bits per heavy atom. The summed E-state index contributed by atoms with van der Waals surface area (Å²) < 4.78 is 0. The number of hydrogen-bond donors (Lipinski definition) is 1. The number of fused-ring (bicyclic) bond motifs is 3. The fourth-order valence-electron chi connectivity index (χ4n) is 3.33. The lowest BCUT2D eigenvalue weighted by Gasteiger charge is -2.25. The fourth-order valence-corrected chi connectivity index (χ4v) is 3.33. The normalized spacial score (nSPS) is 44.5. The highest BCUT2D eigenvalue weighted by Gasteiger charge is 2.46. The van der Waals surface area contributed by atoms with Crippen molar-refractivity contribution in [2.75, 3.05) is 0 Å². The quantitative estimate of drug-likeness (QED) is 0.575. The number of hydrogen-bond acceptors (Lipinski definition) is 1. The lowest BCUT2D eigenvalue weighted by molar-refractivity contribution is 0.333. The summed E-state index contributed by atoms with van der Waals surface area (Å²) in [5.41, 5.74) is 8.25. The van der Waals surface area contributed by atoms with Crippen LogP contribution in [0.25, 0.3) is 0 Å². The van der Waals surface area contributed by atoms with Crippen molar-refractivity contribution in [3.63, 3.8) is 0 Å². The highest BCUT2D eigenvalue weighted by atomic mass is 15.1. The second-order valence-corrected chi connectivity index (χ2v) is 5.07. The molecule has 0 radical (unpaired) electrons. The van der Waals surface area contributed by atoms with Crippen molar-refractivity contribution in [3.8, 4) is 0 Å². The Morgan fingerprint density at radius 3 is 3.21 bits per heavy atom. The van der Waals surface area contributed by atoms with E-state index in [1.54, 1.807) is 0 Å². The topological polar surface area (TPSA) is 12.0 Å². The third-order valence-electron chi connectivity index (χ3n) is 4.05. The van der Waals surface area contributed by atoms with Crippen LogP contribution in [0.5, 0.6) is 0 Å². The van der Waals surface area contributed by atoms with Gasteiger partial charge in [-0.2, -0.15) is 0 Å². The molecule has 3 aliphatic rings. The molecule has 2 aliphatic carbocycles. The molecular formula is C13H17N. The van der Waals surface area contributed by atoms with Gasteiger partial charge in [0.2, 0.25) is 0 Å².